The summed E-state index contributed by atoms with van der Waals surface area (Å²) in [4.78, 5) is 26.2. The third-order valence-electron chi connectivity index (χ3n) is 4.40. The summed E-state index contributed by atoms with van der Waals surface area (Å²) in [6.07, 6.45) is 0. The van der Waals surface area contributed by atoms with E-state index in [9.17, 15) is 14.0 Å². The number of benzene rings is 3. The molecule has 30 heavy (non-hydrogen) atoms. The molecule has 0 fully saturated rings. The lowest BCUT2D eigenvalue weighted by Gasteiger charge is -2.18. The highest BCUT2D eigenvalue weighted by Gasteiger charge is 2.14. The number of carbonyl (C=O) groups is 2. The van der Waals surface area contributed by atoms with E-state index in [1.54, 1.807) is 49.5 Å². The fourth-order valence-electron chi connectivity index (χ4n) is 2.89. The highest BCUT2D eigenvalue weighted by molar-refractivity contribution is 6.00. The zero-order valence-electron chi connectivity index (χ0n) is 16.7. The molecule has 0 aliphatic rings. The van der Waals surface area contributed by atoms with E-state index >= 15 is 0 Å². The Bertz CT molecular complexity index is 1020. The van der Waals surface area contributed by atoms with Crippen molar-refractivity contribution in [1.29, 1.82) is 0 Å². The molecule has 0 aromatic heterocycles. The summed E-state index contributed by atoms with van der Waals surface area (Å²) in [6.45, 7) is 0.249. The molecule has 3 aromatic rings. The maximum absolute atomic E-state index is 13.8. The molecule has 0 heterocycles. The van der Waals surface area contributed by atoms with E-state index < -0.39 is 5.82 Å². The molecule has 3 rings (SSSR count). The van der Waals surface area contributed by atoms with Crippen molar-refractivity contribution < 1.29 is 18.7 Å². The predicted octanol–water partition coefficient (Wildman–Crippen LogP) is 4.75. The molecule has 7 heteroatoms. The Morgan fingerprint density at radius 3 is 2.17 bits per heavy atom. The largest absolute Gasteiger partial charge is 0.494 e. The zero-order valence-corrected chi connectivity index (χ0v) is 16.7. The average Bonchev–Trinajstić information content (AvgIpc) is 2.74. The summed E-state index contributed by atoms with van der Waals surface area (Å²) in [6, 6.07) is 19.9. The first-order valence-electron chi connectivity index (χ1n) is 9.27. The van der Waals surface area contributed by atoms with Gasteiger partial charge in [-0.05, 0) is 54.1 Å². The van der Waals surface area contributed by atoms with Crippen molar-refractivity contribution in [1.82, 2.24) is 4.90 Å². The smallest absolute Gasteiger partial charge is 0.323 e. The molecular weight excluding hydrogens is 385 g/mol. The maximum Gasteiger partial charge on any atom is 0.323 e. The molecule has 154 valence electrons. The standard InChI is InChI=1S/C23H22FN3O3/c1-27(15-16-8-13-21(30-2)20(24)14-16)22(28)17-9-11-19(12-10-17)26-23(29)25-18-6-4-3-5-7-18/h3-14H,15H2,1-2H3,(H2,25,26,29). The molecule has 0 atom stereocenters. The number of hydrogen-bond donors (Lipinski definition) is 2. The van der Waals surface area contributed by atoms with Gasteiger partial charge >= 0.3 is 6.03 Å². The quantitative estimate of drug-likeness (QED) is 0.619. The first-order chi connectivity index (χ1) is 14.5. The van der Waals surface area contributed by atoms with Crippen molar-refractivity contribution in [2.24, 2.45) is 0 Å². The lowest BCUT2D eigenvalue weighted by Crippen LogP contribution is -2.26. The summed E-state index contributed by atoms with van der Waals surface area (Å²) >= 11 is 0. The number of methoxy groups -OCH3 is 1. The van der Waals surface area contributed by atoms with Crippen molar-refractivity contribution in [3.05, 3.63) is 89.7 Å². The molecule has 0 aliphatic heterocycles. The molecule has 0 aliphatic carbocycles. The number of anilines is 2. The van der Waals surface area contributed by atoms with Crippen LogP contribution in [-0.4, -0.2) is 31.0 Å². The Hall–Kier alpha value is -3.87. The second-order valence-corrected chi connectivity index (χ2v) is 6.65. The van der Waals surface area contributed by atoms with Crippen LogP contribution < -0.4 is 15.4 Å². The van der Waals surface area contributed by atoms with Crippen molar-refractivity contribution in [2.45, 2.75) is 6.54 Å². The highest BCUT2D eigenvalue weighted by atomic mass is 19.1. The van der Waals surface area contributed by atoms with Crippen molar-refractivity contribution in [3.8, 4) is 5.75 Å². The van der Waals surface area contributed by atoms with Crippen LogP contribution in [0.5, 0.6) is 5.75 Å². The van der Waals surface area contributed by atoms with Gasteiger partial charge in [-0.3, -0.25) is 4.79 Å². The molecule has 0 saturated heterocycles. The van der Waals surface area contributed by atoms with Gasteiger partial charge in [-0.15, -0.1) is 0 Å². The second kappa shape index (κ2) is 9.56. The molecule has 0 saturated carbocycles. The van der Waals surface area contributed by atoms with Gasteiger partial charge in [-0.2, -0.15) is 0 Å². The van der Waals surface area contributed by atoms with Gasteiger partial charge in [0.1, 0.15) is 0 Å². The number of para-hydroxylation sites is 1. The van der Waals surface area contributed by atoms with Gasteiger partial charge in [0.2, 0.25) is 0 Å². The van der Waals surface area contributed by atoms with E-state index in [0.717, 1.165) is 0 Å². The molecule has 0 bridgehead atoms. The summed E-state index contributed by atoms with van der Waals surface area (Å²) < 4.78 is 18.7. The van der Waals surface area contributed by atoms with Gasteiger partial charge in [0.05, 0.1) is 7.11 Å². The maximum atomic E-state index is 13.8. The number of carbonyl (C=O) groups excluding carboxylic acids is 2. The van der Waals surface area contributed by atoms with E-state index in [1.807, 2.05) is 18.2 Å². The number of halogens is 1. The van der Waals surface area contributed by atoms with Gasteiger partial charge in [-0.1, -0.05) is 24.3 Å². The van der Waals surface area contributed by atoms with Crippen LogP contribution in [0.4, 0.5) is 20.6 Å². The topological polar surface area (TPSA) is 70.7 Å². The monoisotopic (exact) mass is 407 g/mol. The van der Waals surface area contributed by atoms with E-state index in [0.29, 0.717) is 22.5 Å². The summed E-state index contributed by atoms with van der Waals surface area (Å²) in [5.74, 6) is -0.529. The molecule has 3 amide bonds. The minimum Gasteiger partial charge on any atom is -0.494 e. The summed E-state index contributed by atoms with van der Waals surface area (Å²) in [7, 11) is 3.04. The van der Waals surface area contributed by atoms with Crippen LogP contribution in [0.3, 0.4) is 0 Å². The van der Waals surface area contributed by atoms with E-state index in [1.165, 1.54) is 24.1 Å². The van der Waals surface area contributed by atoms with Gasteiger partial charge in [0, 0.05) is 30.5 Å². The molecule has 3 aromatic carbocycles. The van der Waals surface area contributed by atoms with E-state index in [2.05, 4.69) is 10.6 Å². The highest BCUT2D eigenvalue weighted by Crippen LogP contribution is 2.19. The van der Waals surface area contributed by atoms with Crippen molar-refractivity contribution in [3.63, 3.8) is 0 Å². The third kappa shape index (κ3) is 5.35. The third-order valence-corrected chi connectivity index (χ3v) is 4.40. The molecule has 0 radical (unpaired) electrons. The predicted molar refractivity (Wildman–Crippen MR) is 114 cm³/mol. The van der Waals surface area contributed by atoms with Gasteiger partial charge < -0.3 is 20.3 Å². The lowest BCUT2D eigenvalue weighted by atomic mass is 10.1. The van der Waals surface area contributed by atoms with Crippen LogP contribution in [-0.2, 0) is 6.54 Å². The molecule has 0 spiro atoms. The van der Waals surface area contributed by atoms with Crippen molar-refractivity contribution >= 4 is 23.3 Å². The zero-order chi connectivity index (χ0) is 21.5. The van der Waals surface area contributed by atoms with Crippen LogP contribution in [0.1, 0.15) is 15.9 Å². The van der Waals surface area contributed by atoms with Crippen LogP contribution in [0.25, 0.3) is 0 Å². The van der Waals surface area contributed by atoms with E-state index in [-0.39, 0.29) is 24.2 Å². The minimum absolute atomic E-state index is 0.159. The molecule has 6 nitrogen and oxygen atoms in total. The van der Waals surface area contributed by atoms with Crippen LogP contribution >= 0.6 is 0 Å². The molecular formula is C23H22FN3O3. The Labute approximate surface area is 174 Å². The molecule has 2 N–H and O–H groups in total. The SMILES string of the molecule is COc1ccc(CN(C)C(=O)c2ccc(NC(=O)Nc3ccccc3)cc2)cc1F. The average molecular weight is 407 g/mol. The van der Waals surface area contributed by atoms with Gasteiger partial charge in [0.15, 0.2) is 11.6 Å². The normalized spacial score (nSPS) is 10.2. The number of nitrogens with one attached hydrogen (secondary N) is 2. The summed E-state index contributed by atoms with van der Waals surface area (Å²) in [5, 5.41) is 5.44. The first-order valence-corrected chi connectivity index (χ1v) is 9.27. The summed E-state index contributed by atoms with van der Waals surface area (Å²) in [5.41, 5.74) is 2.35. The van der Waals surface area contributed by atoms with Crippen LogP contribution in [0, 0.1) is 5.82 Å². The fourth-order valence-corrected chi connectivity index (χ4v) is 2.89. The Morgan fingerprint density at radius 1 is 0.933 bits per heavy atom. The Morgan fingerprint density at radius 2 is 1.57 bits per heavy atom. The van der Waals surface area contributed by atoms with Crippen molar-refractivity contribution in [2.75, 3.05) is 24.8 Å². The van der Waals surface area contributed by atoms with Crippen LogP contribution in [0.2, 0.25) is 0 Å². The lowest BCUT2D eigenvalue weighted by molar-refractivity contribution is 0.0785. The Kier molecular flexibility index (Phi) is 6.64. The number of rotatable bonds is 6. The van der Waals surface area contributed by atoms with Crippen LogP contribution in [0.15, 0.2) is 72.8 Å². The number of nitrogens with zero attached hydrogens (tertiary/aromatic N) is 1. The Balaban J connectivity index is 1.58. The number of hydrogen-bond acceptors (Lipinski definition) is 3. The van der Waals surface area contributed by atoms with Gasteiger partial charge in [-0.25, -0.2) is 9.18 Å². The number of amides is 3. The minimum atomic E-state index is -0.472. The second-order valence-electron chi connectivity index (χ2n) is 6.65. The van der Waals surface area contributed by atoms with Gasteiger partial charge in [0.25, 0.3) is 5.91 Å². The van der Waals surface area contributed by atoms with E-state index in [4.69, 9.17) is 4.74 Å². The number of ether oxygens (including phenoxy) is 1. The first kappa shape index (κ1) is 20.9. The fraction of sp³-hybridized carbons (Fsp3) is 0.130. The number of urea groups is 1. The molecule has 0 unspecified atom stereocenters.